The second kappa shape index (κ2) is 16.7. The van der Waals surface area contributed by atoms with Crippen molar-refractivity contribution in [2.45, 2.75) is 71.1 Å². The summed E-state index contributed by atoms with van der Waals surface area (Å²) in [6.07, 6.45) is 12.7. The van der Waals surface area contributed by atoms with Crippen LogP contribution in [0.25, 0.3) is 0 Å². The number of hydrogen-bond acceptors (Lipinski definition) is 7. The highest BCUT2D eigenvalue weighted by molar-refractivity contribution is 5.94. The average molecular weight is 548 g/mol. The van der Waals surface area contributed by atoms with Gasteiger partial charge in [0.15, 0.2) is 0 Å². The third kappa shape index (κ3) is 10.5. The predicted octanol–water partition coefficient (Wildman–Crippen LogP) is 8.33. The smallest absolute Gasteiger partial charge is 0.343 e. The number of nitrogens with zero attached hydrogens (tertiary/aromatic N) is 1. The van der Waals surface area contributed by atoms with E-state index in [0.29, 0.717) is 12.4 Å². The number of carbonyl (C=O) groups is 2. The Morgan fingerprint density at radius 1 is 0.650 bits per heavy atom. The number of nitro benzene ring substituents is 1. The van der Waals surface area contributed by atoms with Crippen molar-refractivity contribution in [2.24, 2.45) is 0 Å². The van der Waals surface area contributed by atoms with Crippen LogP contribution in [-0.4, -0.2) is 23.5 Å². The molecule has 8 heteroatoms. The maximum Gasteiger partial charge on any atom is 0.343 e. The minimum atomic E-state index is -0.700. The third-order valence-corrected chi connectivity index (χ3v) is 6.40. The van der Waals surface area contributed by atoms with Gasteiger partial charge in [0.25, 0.3) is 5.69 Å². The zero-order valence-electron chi connectivity index (χ0n) is 23.0. The van der Waals surface area contributed by atoms with Crippen LogP contribution in [0.15, 0.2) is 72.8 Å². The van der Waals surface area contributed by atoms with Crippen molar-refractivity contribution in [3.63, 3.8) is 0 Å². The molecule has 0 unspecified atom stereocenters. The van der Waals surface area contributed by atoms with Gasteiger partial charge in [-0.1, -0.05) is 70.8 Å². The average Bonchev–Trinajstić information content (AvgIpc) is 2.97. The maximum absolute atomic E-state index is 12.5. The van der Waals surface area contributed by atoms with E-state index in [4.69, 9.17) is 14.2 Å². The summed E-state index contributed by atoms with van der Waals surface area (Å²) in [4.78, 5) is 35.2. The van der Waals surface area contributed by atoms with Crippen molar-refractivity contribution in [3.8, 4) is 17.2 Å². The van der Waals surface area contributed by atoms with Gasteiger partial charge in [0, 0.05) is 6.07 Å². The molecule has 0 bridgehead atoms. The second-order valence-electron chi connectivity index (χ2n) is 9.61. The molecule has 0 radical (unpaired) electrons. The van der Waals surface area contributed by atoms with Gasteiger partial charge < -0.3 is 14.2 Å². The fraction of sp³-hybridized carbons (Fsp3) is 0.375. The minimum absolute atomic E-state index is 0.0543. The van der Waals surface area contributed by atoms with E-state index in [0.717, 1.165) is 24.7 Å². The number of benzene rings is 3. The van der Waals surface area contributed by atoms with Crippen molar-refractivity contribution < 1.29 is 28.7 Å². The van der Waals surface area contributed by atoms with Crippen LogP contribution in [0.4, 0.5) is 5.69 Å². The molecule has 0 aliphatic carbocycles. The van der Waals surface area contributed by atoms with E-state index in [-0.39, 0.29) is 22.6 Å². The van der Waals surface area contributed by atoms with E-state index >= 15 is 0 Å². The summed E-state index contributed by atoms with van der Waals surface area (Å²) in [6, 6.07) is 18.0. The highest BCUT2D eigenvalue weighted by Crippen LogP contribution is 2.22. The first kappa shape index (κ1) is 30.3. The first-order valence-corrected chi connectivity index (χ1v) is 14.0. The fourth-order valence-corrected chi connectivity index (χ4v) is 4.12. The highest BCUT2D eigenvalue weighted by Gasteiger charge is 2.14. The zero-order valence-corrected chi connectivity index (χ0v) is 23.0. The van der Waals surface area contributed by atoms with Gasteiger partial charge in [0.1, 0.15) is 17.2 Å². The van der Waals surface area contributed by atoms with Crippen LogP contribution in [-0.2, 0) is 0 Å². The molecule has 0 aliphatic rings. The molecule has 0 aromatic heterocycles. The van der Waals surface area contributed by atoms with Crippen LogP contribution < -0.4 is 14.2 Å². The Hall–Kier alpha value is -4.20. The Morgan fingerprint density at radius 3 is 1.70 bits per heavy atom. The quantitative estimate of drug-likeness (QED) is 0.0550. The van der Waals surface area contributed by atoms with Crippen molar-refractivity contribution >= 4 is 17.6 Å². The van der Waals surface area contributed by atoms with Gasteiger partial charge in [-0.05, 0) is 61.0 Å². The largest absolute Gasteiger partial charge is 0.494 e. The lowest BCUT2D eigenvalue weighted by atomic mass is 10.1. The Morgan fingerprint density at radius 2 is 1.15 bits per heavy atom. The topological polar surface area (TPSA) is 105 Å². The Balaban J connectivity index is 1.36. The molecule has 0 atom stereocenters. The zero-order chi connectivity index (χ0) is 28.6. The van der Waals surface area contributed by atoms with E-state index in [1.54, 1.807) is 24.3 Å². The summed E-state index contributed by atoms with van der Waals surface area (Å²) >= 11 is 0. The number of rotatable bonds is 17. The molecule has 8 nitrogen and oxygen atoms in total. The van der Waals surface area contributed by atoms with Crippen molar-refractivity contribution in [1.29, 1.82) is 0 Å². The van der Waals surface area contributed by atoms with Gasteiger partial charge in [-0.15, -0.1) is 0 Å². The Labute approximate surface area is 235 Å². The molecule has 0 N–H and O–H groups in total. The molecule has 212 valence electrons. The number of non-ortho nitro benzene ring substituents is 1. The molecule has 0 spiro atoms. The summed E-state index contributed by atoms with van der Waals surface area (Å²) in [7, 11) is 0. The lowest BCUT2D eigenvalue weighted by Gasteiger charge is -2.08. The molecule has 3 rings (SSSR count). The summed E-state index contributed by atoms with van der Waals surface area (Å²) < 4.78 is 16.4. The van der Waals surface area contributed by atoms with Crippen molar-refractivity contribution in [2.75, 3.05) is 6.61 Å². The Kier molecular flexibility index (Phi) is 12.7. The SMILES string of the molecule is CCCCCCCCCCCCOc1ccc(OC(=O)c2ccc(C(=O)Oc3cccc([N+](=O)[O-])c3)cc2)cc1. The normalized spacial score (nSPS) is 10.6. The third-order valence-electron chi connectivity index (χ3n) is 6.40. The highest BCUT2D eigenvalue weighted by atomic mass is 16.6. The van der Waals surface area contributed by atoms with Crippen LogP contribution >= 0.6 is 0 Å². The monoisotopic (exact) mass is 547 g/mol. The Bertz CT molecular complexity index is 1220. The predicted molar refractivity (Wildman–Crippen MR) is 153 cm³/mol. The molecule has 3 aromatic rings. The van der Waals surface area contributed by atoms with Gasteiger partial charge in [-0.2, -0.15) is 0 Å². The van der Waals surface area contributed by atoms with Gasteiger partial charge in [-0.25, -0.2) is 9.59 Å². The number of ether oxygens (including phenoxy) is 3. The molecular weight excluding hydrogens is 510 g/mol. The van der Waals surface area contributed by atoms with E-state index in [1.807, 2.05) is 0 Å². The molecule has 0 fully saturated rings. The van der Waals surface area contributed by atoms with Crippen LogP contribution in [0.1, 0.15) is 91.8 Å². The number of nitro groups is 1. The van der Waals surface area contributed by atoms with Gasteiger partial charge in [-0.3, -0.25) is 10.1 Å². The van der Waals surface area contributed by atoms with E-state index in [1.165, 1.54) is 93.8 Å². The maximum atomic E-state index is 12.5. The first-order chi connectivity index (χ1) is 19.5. The van der Waals surface area contributed by atoms with E-state index < -0.39 is 16.9 Å². The van der Waals surface area contributed by atoms with Crippen molar-refractivity contribution in [1.82, 2.24) is 0 Å². The van der Waals surface area contributed by atoms with Gasteiger partial charge in [0.05, 0.1) is 28.7 Å². The molecule has 0 saturated carbocycles. The van der Waals surface area contributed by atoms with Crippen molar-refractivity contribution in [3.05, 3.63) is 94.0 Å². The molecule has 40 heavy (non-hydrogen) atoms. The molecule has 0 aliphatic heterocycles. The van der Waals surface area contributed by atoms with Crippen LogP contribution in [0.2, 0.25) is 0 Å². The lowest BCUT2D eigenvalue weighted by Crippen LogP contribution is -2.11. The van der Waals surface area contributed by atoms with E-state index in [9.17, 15) is 19.7 Å². The summed E-state index contributed by atoms with van der Waals surface area (Å²) in [5.74, 6) is -0.113. The molecular formula is C32H37NO7. The van der Waals surface area contributed by atoms with Gasteiger partial charge in [0.2, 0.25) is 0 Å². The molecule has 0 saturated heterocycles. The summed E-state index contributed by atoms with van der Waals surface area (Å²) in [5, 5.41) is 10.9. The van der Waals surface area contributed by atoms with Crippen LogP contribution in [0, 0.1) is 10.1 Å². The lowest BCUT2D eigenvalue weighted by molar-refractivity contribution is -0.384. The van der Waals surface area contributed by atoms with Gasteiger partial charge >= 0.3 is 11.9 Å². The molecule has 3 aromatic carbocycles. The van der Waals surface area contributed by atoms with Crippen LogP contribution in [0.5, 0.6) is 17.2 Å². The number of hydrogen-bond donors (Lipinski definition) is 0. The number of unbranched alkanes of at least 4 members (excludes halogenated alkanes) is 9. The minimum Gasteiger partial charge on any atom is -0.494 e. The molecule has 0 heterocycles. The first-order valence-electron chi connectivity index (χ1n) is 14.0. The molecule has 0 amide bonds. The fourth-order valence-electron chi connectivity index (χ4n) is 4.12. The number of esters is 2. The van der Waals surface area contributed by atoms with E-state index in [2.05, 4.69) is 6.92 Å². The number of carbonyl (C=O) groups excluding carboxylic acids is 2. The second-order valence-corrected chi connectivity index (χ2v) is 9.61. The summed E-state index contributed by atoms with van der Waals surface area (Å²) in [5.41, 5.74) is 0.261. The van der Waals surface area contributed by atoms with Crippen LogP contribution in [0.3, 0.4) is 0 Å². The standard InChI is InChI=1S/C32H37NO7/c1-2-3-4-5-6-7-8-9-10-11-23-38-28-19-21-29(22-20-28)39-31(34)25-15-17-26(18-16-25)32(35)40-30-14-12-13-27(24-30)33(36)37/h12-22,24H,2-11,23H2,1H3. The summed E-state index contributed by atoms with van der Waals surface area (Å²) in [6.45, 7) is 2.90.